The summed E-state index contributed by atoms with van der Waals surface area (Å²) in [5, 5.41) is 0. The molecule has 0 saturated heterocycles. The van der Waals surface area contributed by atoms with Crippen molar-refractivity contribution in [2.24, 2.45) is 0 Å². The lowest BCUT2D eigenvalue weighted by molar-refractivity contribution is 0.0432. The van der Waals surface area contributed by atoms with Gasteiger partial charge in [0.1, 0.15) is 0 Å². The highest BCUT2D eigenvalue weighted by Gasteiger charge is 2.12. The van der Waals surface area contributed by atoms with Crippen molar-refractivity contribution in [2.75, 3.05) is 26.9 Å². The molecule has 8 heteroatoms. The third kappa shape index (κ3) is 8.69. The van der Waals surface area contributed by atoms with E-state index in [0.29, 0.717) is 41.7 Å². The van der Waals surface area contributed by atoms with Crippen LogP contribution in [-0.2, 0) is 18.9 Å². The summed E-state index contributed by atoms with van der Waals surface area (Å²) in [6, 6.07) is 12.1. The number of benzene rings is 2. The van der Waals surface area contributed by atoms with E-state index in [1.807, 2.05) is 0 Å². The number of unbranched alkanes of at least 4 members (excludes halogenated alkanes) is 3. The van der Waals surface area contributed by atoms with Crippen molar-refractivity contribution in [3.8, 4) is 0 Å². The summed E-state index contributed by atoms with van der Waals surface area (Å²) in [4.78, 5) is 47.5. The van der Waals surface area contributed by atoms with Gasteiger partial charge in [-0.25, -0.2) is 19.2 Å². The Morgan fingerprint density at radius 2 is 0.824 bits per heavy atom. The SMILES string of the molecule is CCCCCOC(=O)c1ccc(C(=O)OCCCCOC(=O)c2ccc(C(=O)OC)cc2)cc1. The van der Waals surface area contributed by atoms with Gasteiger partial charge in [0.05, 0.1) is 49.2 Å². The van der Waals surface area contributed by atoms with Gasteiger partial charge in [-0.3, -0.25) is 0 Å². The van der Waals surface area contributed by atoms with Crippen molar-refractivity contribution in [1.29, 1.82) is 0 Å². The molecule has 0 aliphatic carbocycles. The van der Waals surface area contributed by atoms with E-state index in [1.54, 1.807) is 0 Å². The molecule has 34 heavy (non-hydrogen) atoms. The second-order valence-electron chi connectivity index (χ2n) is 7.47. The van der Waals surface area contributed by atoms with Crippen LogP contribution >= 0.6 is 0 Å². The first-order valence-electron chi connectivity index (χ1n) is 11.3. The predicted molar refractivity (Wildman–Crippen MR) is 124 cm³/mol. The number of methoxy groups -OCH3 is 1. The largest absolute Gasteiger partial charge is 0.465 e. The number of hydrogen-bond donors (Lipinski definition) is 0. The first kappa shape index (κ1) is 26.6. The fourth-order valence-electron chi connectivity index (χ4n) is 2.90. The molecule has 0 fully saturated rings. The number of rotatable bonds is 13. The summed E-state index contributed by atoms with van der Waals surface area (Å²) in [5.41, 5.74) is 1.39. The van der Waals surface area contributed by atoms with E-state index in [4.69, 9.17) is 14.2 Å². The Morgan fingerprint density at radius 1 is 0.529 bits per heavy atom. The van der Waals surface area contributed by atoms with Crippen LogP contribution in [0, 0.1) is 0 Å². The van der Waals surface area contributed by atoms with Crippen molar-refractivity contribution in [3.63, 3.8) is 0 Å². The highest BCUT2D eigenvalue weighted by molar-refractivity contribution is 5.94. The molecule has 0 amide bonds. The maximum absolute atomic E-state index is 12.1. The van der Waals surface area contributed by atoms with E-state index < -0.39 is 23.9 Å². The molecule has 0 atom stereocenters. The minimum atomic E-state index is -0.502. The van der Waals surface area contributed by atoms with Gasteiger partial charge < -0.3 is 18.9 Å². The summed E-state index contributed by atoms with van der Waals surface area (Å²) in [6.45, 7) is 2.80. The highest BCUT2D eigenvalue weighted by Crippen LogP contribution is 2.10. The molecule has 8 nitrogen and oxygen atoms in total. The molecule has 2 aromatic rings. The lowest BCUT2D eigenvalue weighted by Gasteiger charge is -2.07. The molecule has 2 rings (SSSR count). The van der Waals surface area contributed by atoms with Crippen molar-refractivity contribution in [3.05, 3.63) is 70.8 Å². The topological polar surface area (TPSA) is 105 Å². The van der Waals surface area contributed by atoms with E-state index in [0.717, 1.165) is 19.3 Å². The zero-order chi connectivity index (χ0) is 24.8. The van der Waals surface area contributed by atoms with Gasteiger partial charge in [-0.1, -0.05) is 19.8 Å². The molecular formula is C26H30O8. The third-order valence-electron chi connectivity index (χ3n) is 4.88. The van der Waals surface area contributed by atoms with E-state index in [2.05, 4.69) is 11.7 Å². The van der Waals surface area contributed by atoms with Crippen LogP contribution in [0.15, 0.2) is 48.5 Å². The molecule has 2 aromatic carbocycles. The molecule has 0 aliphatic heterocycles. The average Bonchev–Trinajstić information content (AvgIpc) is 2.87. The minimum absolute atomic E-state index is 0.171. The van der Waals surface area contributed by atoms with Gasteiger partial charge in [0.25, 0.3) is 0 Å². The molecule has 0 bridgehead atoms. The Morgan fingerprint density at radius 3 is 1.12 bits per heavy atom. The summed E-state index contributed by atoms with van der Waals surface area (Å²) in [7, 11) is 1.28. The average molecular weight is 471 g/mol. The maximum Gasteiger partial charge on any atom is 0.338 e. The minimum Gasteiger partial charge on any atom is -0.465 e. The molecule has 0 aromatic heterocycles. The quantitative estimate of drug-likeness (QED) is 0.237. The lowest BCUT2D eigenvalue weighted by atomic mass is 10.1. The monoisotopic (exact) mass is 470 g/mol. The number of carbonyl (C=O) groups excluding carboxylic acids is 4. The fraction of sp³-hybridized carbons (Fsp3) is 0.385. The first-order valence-corrected chi connectivity index (χ1v) is 11.3. The van der Waals surface area contributed by atoms with E-state index in [1.165, 1.54) is 55.6 Å². The zero-order valence-corrected chi connectivity index (χ0v) is 19.5. The number of hydrogen-bond acceptors (Lipinski definition) is 8. The van der Waals surface area contributed by atoms with Crippen molar-refractivity contribution >= 4 is 23.9 Å². The molecule has 0 aliphatic rings. The lowest BCUT2D eigenvalue weighted by Crippen LogP contribution is -2.10. The van der Waals surface area contributed by atoms with Gasteiger partial charge in [-0.05, 0) is 67.8 Å². The summed E-state index contributed by atoms with van der Waals surface area (Å²) in [6.07, 6.45) is 3.92. The summed E-state index contributed by atoms with van der Waals surface area (Å²) < 4.78 is 20.2. The van der Waals surface area contributed by atoms with Gasteiger partial charge >= 0.3 is 23.9 Å². The van der Waals surface area contributed by atoms with Crippen LogP contribution in [0.4, 0.5) is 0 Å². The van der Waals surface area contributed by atoms with Gasteiger partial charge in [-0.2, -0.15) is 0 Å². The number of carbonyl (C=O) groups is 4. The molecule has 182 valence electrons. The molecule has 0 heterocycles. The standard InChI is InChI=1S/C26H30O8/c1-3-4-5-16-32-24(28)21-12-14-22(15-13-21)26(30)34-18-7-6-17-33-25(29)20-10-8-19(9-11-20)23(27)31-2/h8-15H,3-7,16-18H2,1-2H3. The molecule has 0 saturated carbocycles. The first-order chi connectivity index (χ1) is 16.5. The van der Waals surface area contributed by atoms with Crippen LogP contribution in [0.3, 0.4) is 0 Å². The Bertz CT molecular complexity index is 948. The van der Waals surface area contributed by atoms with Crippen molar-refractivity contribution in [1.82, 2.24) is 0 Å². The molecule has 0 unspecified atom stereocenters. The molecule has 0 radical (unpaired) electrons. The second kappa shape index (κ2) is 14.5. The highest BCUT2D eigenvalue weighted by atomic mass is 16.5. The smallest absolute Gasteiger partial charge is 0.338 e. The van der Waals surface area contributed by atoms with Crippen LogP contribution in [0.1, 0.15) is 80.5 Å². The predicted octanol–water partition coefficient (Wildman–Crippen LogP) is 4.61. The van der Waals surface area contributed by atoms with Gasteiger partial charge in [0, 0.05) is 0 Å². The van der Waals surface area contributed by atoms with Crippen molar-refractivity contribution in [2.45, 2.75) is 39.0 Å². The van der Waals surface area contributed by atoms with E-state index in [-0.39, 0.29) is 13.2 Å². The normalized spacial score (nSPS) is 10.3. The number of esters is 4. The number of ether oxygens (including phenoxy) is 4. The Balaban J connectivity index is 1.64. The van der Waals surface area contributed by atoms with Crippen LogP contribution in [0.2, 0.25) is 0 Å². The van der Waals surface area contributed by atoms with Gasteiger partial charge in [-0.15, -0.1) is 0 Å². The van der Waals surface area contributed by atoms with E-state index >= 15 is 0 Å². The third-order valence-corrected chi connectivity index (χ3v) is 4.88. The van der Waals surface area contributed by atoms with Crippen LogP contribution < -0.4 is 0 Å². The fourth-order valence-corrected chi connectivity index (χ4v) is 2.90. The van der Waals surface area contributed by atoms with Gasteiger partial charge in [0.15, 0.2) is 0 Å². The Hall–Kier alpha value is -3.68. The Kier molecular flexibility index (Phi) is 11.3. The van der Waals surface area contributed by atoms with Crippen LogP contribution in [-0.4, -0.2) is 50.8 Å². The summed E-state index contributed by atoms with van der Waals surface area (Å²) >= 11 is 0. The van der Waals surface area contributed by atoms with Crippen LogP contribution in [0.5, 0.6) is 0 Å². The Labute approximate surface area is 199 Å². The van der Waals surface area contributed by atoms with Crippen molar-refractivity contribution < 1.29 is 38.1 Å². The molecule has 0 spiro atoms. The zero-order valence-electron chi connectivity index (χ0n) is 19.5. The molecule has 0 N–H and O–H groups in total. The van der Waals surface area contributed by atoms with Gasteiger partial charge in [0.2, 0.25) is 0 Å². The molecular weight excluding hydrogens is 440 g/mol. The van der Waals surface area contributed by atoms with E-state index in [9.17, 15) is 19.2 Å². The van der Waals surface area contributed by atoms with Crippen LogP contribution in [0.25, 0.3) is 0 Å². The second-order valence-corrected chi connectivity index (χ2v) is 7.47. The maximum atomic E-state index is 12.1. The summed E-state index contributed by atoms with van der Waals surface area (Å²) in [5.74, 6) is -1.89.